The van der Waals surface area contributed by atoms with Crippen LogP contribution >= 0.6 is 0 Å². The minimum absolute atomic E-state index is 0.470. The van der Waals surface area contributed by atoms with Crippen molar-refractivity contribution in [3.05, 3.63) is 0 Å². The summed E-state index contributed by atoms with van der Waals surface area (Å²) in [5.74, 6) is 1.65. The van der Waals surface area contributed by atoms with Crippen LogP contribution in [0.15, 0.2) is 0 Å². The maximum absolute atomic E-state index is 5.90. The van der Waals surface area contributed by atoms with Crippen LogP contribution in [0.4, 0.5) is 0 Å². The molecule has 0 aromatic carbocycles. The summed E-state index contributed by atoms with van der Waals surface area (Å²) in [5, 5.41) is 0. The van der Waals surface area contributed by atoms with Crippen LogP contribution in [0.3, 0.4) is 0 Å². The lowest BCUT2D eigenvalue weighted by Gasteiger charge is -2.42. The van der Waals surface area contributed by atoms with E-state index in [-0.39, 0.29) is 0 Å². The van der Waals surface area contributed by atoms with Crippen molar-refractivity contribution in [1.82, 2.24) is 0 Å². The smallest absolute Gasteiger partial charge is 0.00180 e. The van der Waals surface area contributed by atoms with Crippen LogP contribution in [-0.4, -0.2) is 6.54 Å². The van der Waals surface area contributed by atoms with Gasteiger partial charge in [0.2, 0.25) is 0 Å². The van der Waals surface area contributed by atoms with Gasteiger partial charge in [0.05, 0.1) is 0 Å². The number of hydrogen-bond acceptors (Lipinski definition) is 1. The summed E-state index contributed by atoms with van der Waals surface area (Å²) in [6.07, 6.45) is 5.50. The van der Waals surface area contributed by atoms with Gasteiger partial charge in [-0.15, -0.1) is 0 Å². The van der Waals surface area contributed by atoms with Gasteiger partial charge in [0, 0.05) is 0 Å². The average Bonchev–Trinajstić information content (AvgIpc) is 2.04. The Hall–Kier alpha value is -0.0400. The Kier molecular flexibility index (Phi) is 3.16. The van der Waals surface area contributed by atoms with Crippen molar-refractivity contribution in [2.75, 3.05) is 6.54 Å². The Labute approximate surface area is 76.7 Å². The van der Waals surface area contributed by atoms with Gasteiger partial charge >= 0.3 is 0 Å². The zero-order chi connectivity index (χ0) is 9.19. The molecular weight excluding hydrogens is 146 g/mol. The van der Waals surface area contributed by atoms with E-state index in [2.05, 4.69) is 20.8 Å². The largest absolute Gasteiger partial charge is 0.330 e. The zero-order valence-electron chi connectivity index (χ0n) is 8.77. The molecule has 1 saturated carbocycles. The molecule has 2 atom stereocenters. The second-order valence-corrected chi connectivity index (χ2v) is 4.92. The predicted octanol–water partition coefficient (Wildman–Crippen LogP) is 2.80. The summed E-state index contributed by atoms with van der Waals surface area (Å²) < 4.78 is 0. The van der Waals surface area contributed by atoms with Crippen LogP contribution in [0, 0.1) is 17.3 Å². The molecule has 0 aromatic rings. The van der Waals surface area contributed by atoms with Gasteiger partial charge in [0.15, 0.2) is 0 Å². The molecule has 2 N–H and O–H groups in total. The first-order valence-electron chi connectivity index (χ1n) is 5.31. The van der Waals surface area contributed by atoms with Crippen LogP contribution in [0.25, 0.3) is 0 Å². The molecule has 1 aliphatic carbocycles. The van der Waals surface area contributed by atoms with Crippen molar-refractivity contribution in [2.24, 2.45) is 23.0 Å². The minimum Gasteiger partial charge on any atom is -0.330 e. The first-order valence-corrected chi connectivity index (χ1v) is 5.31. The highest BCUT2D eigenvalue weighted by atomic mass is 14.6. The van der Waals surface area contributed by atoms with E-state index in [9.17, 15) is 0 Å². The molecule has 2 unspecified atom stereocenters. The maximum Gasteiger partial charge on any atom is -0.00180 e. The normalized spacial score (nSPS) is 37.2. The van der Waals surface area contributed by atoms with Crippen molar-refractivity contribution in [2.45, 2.75) is 46.5 Å². The van der Waals surface area contributed by atoms with E-state index >= 15 is 0 Å². The standard InChI is InChI=1S/C11H23N/c1-9(2)11(8-12)6-4-5-10(3)7-11/h9-10H,4-8,12H2,1-3H3. The fourth-order valence-electron chi connectivity index (χ4n) is 2.65. The summed E-state index contributed by atoms with van der Waals surface area (Å²) in [6.45, 7) is 7.90. The zero-order valence-corrected chi connectivity index (χ0v) is 8.77. The van der Waals surface area contributed by atoms with E-state index in [4.69, 9.17) is 5.73 Å². The quantitative estimate of drug-likeness (QED) is 0.676. The fraction of sp³-hybridized carbons (Fsp3) is 1.00. The van der Waals surface area contributed by atoms with E-state index in [1.807, 2.05) is 0 Å². The fourth-order valence-corrected chi connectivity index (χ4v) is 2.65. The number of rotatable bonds is 2. The van der Waals surface area contributed by atoms with Crippen molar-refractivity contribution in [3.63, 3.8) is 0 Å². The first-order chi connectivity index (χ1) is 5.60. The van der Waals surface area contributed by atoms with E-state index in [1.165, 1.54) is 25.7 Å². The first kappa shape index (κ1) is 10.0. The van der Waals surface area contributed by atoms with Gasteiger partial charge in [0.25, 0.3) is 0 Å². The molecule has 0 saturated heterocycles. The summed E-state index contributed by atoms with van der Waals surface area (Å²) >= 11 is 0. The second kappa shape index (κ2) is 3.78. The van der Waals surface area contributed by atoms with Crippen molar-refractivity contribution >= 4 is 0 Å². The Bertz CT molecular complexity index is 142. The topological polar surface area (TPSA) is 26.0 Å². The van der Waals surface area contributed by atoms with E-state index in [0.29, 0.717) is 5.41 Å². The van der Waals surface area contributed by atoms with E-state index in [1.54, 1.807) is 0 Å². The van der Waals surface area contributed by atoms with E-state index < -0.39 is 0 Å². The third kappa shape index (κ3) is 1.82. The lowest BCUT2D eigenvalue weighted by Crippen LogP contribution is -2.39. The SMILES string of the molecule is CC1CCCC(CN)(C(C)C)C1. The van der Waals surface area contributed by atoms with Crippen LogP contribution < -0.4 is 5.73 Å². The number of nitrogens with two attached hydrogens (primary N) is 1. The van der Waals surface area contributed by atoms with Gasteiger partial charge in [-0.1, -0.05) is 33.6 Å². The molecular formula is C11H23N. The highest BCUT2D eigenvalue weighted by Gasteiger charge is 2.36. The van der Waals surface area contributed by atoms with Gasteiger partial charge in [0.1, 0.15) is 0 Å². The van der Waals surface area contributed by atoms with Crippen molar-refractivity contribution < 1.29 is 0 Å². The van der Waals surface area contributed by atoms with Gasteiger partial charge in [-0.05, 0) is 36.6 Å². The minimum atomic E-state index is 0.470. The Morgan fingerprint density at radius 3 is 2.50 bits per heavy atom. The summed E-state index contributed by atoms with van der Waals surface area (Å²) in [6, 6.07) is 0. The van der Waals surface area contributed by atoms with Gasteiger partial charge in [-0.25, -0.2) is 0 Å². The molecule has 1 heteroatoms. The Balaban J connectivity index is 2.64. The Morgan fingerprint density at radius 2 is 2.17 bits per heavy atom. The average molecular weight is 169 g/mol. The maximum atomic E-state index is 5.90. The summed E-state index contributed by atoms with van der Waals surface area (Å²) in [7, 11) is 0. The van der Waals surface area contributed by atoms with Gasteiger partial charge in [-0.2, -0.15) is 0 Å². The molecule has 1 fully saturated rings. The molecule has 0 bridgehead atoms. The second-order valence-electron chi connectivity index (χ2n) is 4.92. The molecule has 12 heavy (non-hydrogen) atoms. The molecule has 1 nitrogen and oxygen atoms in total. The predicted molar refractivity (Wildman–Crippen MR) is 54.0 cm³/mol. The highest BCUT2D eigenvalue weighted by Crippen LogP contribution is 2.43. The monoisotopic (exact) mass is 169 g/mol. The van der Waals surface area contributed by atoms with Crippen LogP contribution in [0.1, 0.15) is 46.5 Å². The molecule has 72 valence electrons. The third-order valence-electron chi connectivity index (χ3n) is 3.76. The lowest BCUT2D eigenvalue weighted by atomic mass is 9.64. The van der Waals surface area contributed by atoms with Crippen molar-refractivity contribution in [1.29, 1.82) is 0 Å². The van der Waals surface area contributed by atoms with Gasteiger partial charge < -0.3 is 5.73 Å². The van der Waals surface area contributed by atoms with E-state index in [0.717, 1.165) is 18.4 Å². The molecule has 0 amide bonds. The number of hydrogen-bond donors (Lipinski definition) is 1. The highest BCUT2D eigenvalue weighted by molar-refractivity contribution is 4.88. The molecule has 1 rings (SSSR count). The van der Waals surface area contributed by atoms with Crippen LogP contribution in [0.2, 0.25) is 0 Å². The Morgan fingerprint density at radius 1 is 1.50 bits per heavy atom. The van der Waals surface area contributed by atoms with Crippen LogP contribution in [0.5, 0.6) is 0 Å². The molecule has 0 radical (unpaired) electrons. The molecule has 1 aliphatic rings. The molecule has 0 heterocycles. The summed E-state index contributed by atoms with van der Waals surface area (Å²) in [4.78, 5) is 0. The summed E-state index contributed by atoms with van der Waals surface area (Å²) in [5.41, 5.74) is 6.37. The van der Waals surface area contributed by atoms with Crippen molar-refractivity contribution in [3.8, 4) is 0 Å². The molecule has 0 spiro atoms. The third-order valence-corrected chi connectivity index (χ3v) is 3.76. The molecule has 0 aromatic heterocycles. The van der Waals surface area contributed by atoms with Crippen LogP contribution in [-0.2, 0) is 0 Å². The molecule has 0 aliphatic heterocycles. The lowest BCUT2D eigenvalue weighted by molar-refractivity contribution is 0.0962. The van der Waals surface area contributed by atoms with Gasteiger partial charge in [-0.3, -0.25) is 0 Å².